The number of amides is 1. The Morgan fingerprint density at radius 2 is 2.10 bits per heavy atom. The minimum absolute atomic E-state index is 0.131. The lowest BCUT2D eigenvalue weighted by molar-refractivity contribution is -0.0610. The van der Waals surface area contributed by atoms with E-state index >= 15 is 0 Å². The molecule has 0 aromatic rings. The number of allylic oxidation sites excluding steroid dienone is 1. The van der Waals surface area contributed by atoms with E-state index in [1.807, 2.05) is 47.6 Å². The Kier molecular flexibility index (Phi) is 5.82. The Balaban J connectivity index is 2.86. The Labute approximate surface area is 127 Å². The van der Waals surface area contributed by atoms with Crippen LogP contribution in [0.4, 0.5) is 4.79 Å². The molecule has 5 nitrogen and oxygen atoms in total. The lowest BCUT2D eigenvalue weighted by Crippen LogP contribution is -2.49. The number of nitrogens with zero attached hydrogens (tertiary/aromatic N) is 1. The van der Waals surface area contributed by atoms with Gasteiger partial charge in [-0.1, -0.05) is 11.6 Å². The molecule has 1 rings (SSSR count). The quantitative estimate of drug-likeness (QED) is 0.810. The Hall–Kier alpha value is -1.07. The summed E-state index contributed by atoms with van der Waals surface area (Å²) in [7, 11) is 0. The normalized spacial score (nSPS) is 22.5. The molecule has 5 heteroatoms. The maximum atomic E-state index is 12.4. The molecule has 0 aliphatic carbocycles. The third-order valence-corrected chi connectivity index (χ3v) is 3.32. The molecule has 0 aromatic carbocycles. The third-order valence-electron chi connectivity index (χ3n) is 3.32. The van der Waals surface area contributed by atoms with Gasteiger partial charge in [-0.25, -0.2) is 4.79 Å². The zero-order valence-corrected chi connectivity index (χ0v) is 14.1. The summed E-state index contributed by atoms with van der Waals surface area (Å²) in [6.45, 7) is 11.9. The first-order chi connectivity index (χ1) is 9.57. The zero-order valence-electron chi connectivity index (χ0n) is 14.1. The SMILES string of the molecule is CC(=C[C@@H]1COC(C)(C)N1C(=O)OC(C)(C)C)CCCO. The molecule has 21 heavy (non-hydrogen) atoms. The molecule has 1 saturated heterocycles. The summed E-state index contributed by atoms with van der Waals surface area (Å²) >= 11 is 0. The fraction of sp³-hybridized carbons (Fsp3) is 0.812. The third kappa shape index (κ3) is 5.32. The van der Waals surface area contributed by atoms with Gasteiger partial charge in [0.1, 0.15) is 11.3 Å². The largest absolute Gasteiger partial charge is 0.444 e. The van der Waals surface area contributed by atoms with Crippen LogP contribution in [0, 0.1) is 0 Å². The average Bonchev–Trinajstić information content (AvgIpc) is 2.59. The Morgan fingerprint density at radius 1 is 1.48 bits per heavy atom. The van der Waals surface area contributed by atoms with Crippen LogP contribution in [0.25, 0.3) is 0 Å². The molecule has 0 aromatic heterocycles. The van der Waals surface area contributed by atoms with Gasteiger partial charge in [0.05, 0.1) is 12.6 Å². The highest BCUT2D eigenvalue weighted by molar-refractivity contribution is 5.70. The van der Waals surface area contributed by atoms with E-state index in [2.05, 4.69) is 0 Å². The van der Waals surface area contributed by atoms with Gasteiger partial charge in [-0.15, -0.1) is 0 Å². The van der Waals surface area contributed by atoms with Crippen LogP contribution in [0.5, 0.6) is 0 Å². The molecule has 0 radical (unpaired) electrons. The van der Waals surface area contributed by atoms with E-state index in [-0.39, 0.29) is 18.7 Å². The summed E-state index contributed by atoms with van der Waals surface area (Å²) in [6, 6.07) is -0.131. The monoisotopic (exact) mass is 299 g/mol. The van der Waals surface area contributed by atoms with Crippen molar-refractivity contribution in [2.75, 3.05) is 13.2 Å². The van der Waals surface area contributed by atoms with E-state index in [4.69, 9.17) is 14.6 Å². The summed E-state index contributed by atoms with van der Waals surface area (Å²) in [5, 5.41) is 8.89. The van der Waals surface area contributed by atoms with Crippen molar-refractivity contribution in [1.29, 1.82) is 0 Å². The van der Waals surface area contributed by atoms with Crippen LogP contribution < -0.4 is 0 Å². The fourth-order valence-corrected chi connectivity index (χ4v) is 2.39. The lowest BCUT2D eigenvalue weighted by atomic mass is 10.1. The molecule has 1 atom stereocenters. The minimum Gasteiger partial charge on any atom is -0.444 e. The number of carbonyl (C=O) groups excluding carboxylic acids is 1. The molecule has 0 unspecified atom stereocenters. The molecule has 1 amide bonds. The predicted octanol–water partition coefficient (Wildman–Crippen LogP) is 3.08. The van der Waals surface area contributed by atoms with Crippen molar-refractivity contribution in [3.05, 3.63) is 11.6 Å². The first kappa shape index (κ1) is 18.0. The van der Waals surface area contributed by atoms with Crippen molar-refractivity contribution in [2.45, 2.75) is 71.8 Å². The number of rotatable bonds is 4. The molecule has 1 N–H and O–H groups in total. The van der Waals surface area contributed by atoms with Gasteiger partial charge in [0.15, 0.2) is 0 Å². The van der Waals surface area contributed by atoms with E-state index in [0.717, 1.165) is 18.4 Å². The van der Waals surface area contributed by atoms with Gasteiger partial charge in [-0.3, -0.25) is 4.90 Å². The van der Waals surface area contributed by atoms with Gasteiger partial charge < -0.3 is 14.6 Å². The van der Waals surface area contributed by atoms with E-state index in [0.29, 0.717) is 6.61 Å². The van der Waals surface area contributed by atoms with Crippen molar-refractivity contribution < 1.29 is 19.4 Å². The van der Waals surface area contributed by atoms with Gasteiger partial charge >= 0.3 is 6.09 Å². The number of aliphatic hydroxyl groups excluding tert-OH is 1. The number of carbonyl (C=O) groups is 1. The summed E-state index contributed by atoms with van der Waals surface area (Å²) in [5.74, 6) is 0. The van der Waals surface area contributed by atoms with Crippen molar-refractivity contribution in [3.63, 3.8) is 0 Å². The van der Waals surface area contributed by atoms with Crippen LogP contribution in [0.2, 0.25) is 0 Å². The highest BCUT2D eigenvalue weighted by atomic mass is 16.6. The van der Waals surface area contributed by atoms with E-state index < -0.39 is 11.3 Å². The van der Waals surface area contributed by atoms with Crippen molar-refractivity contribution in [2.24, 2.45) is 0 Å². The number of hydrogen-bond acceptors (Lipinski definition) is 4. The molecule has 1 heterocycles. The molecular formula is C16H29NO4. The van der Waals surface area contributed by atoms with E-state index in [1.165, 1.54) is 0 Å². The molecule has 0 spiro atoms. The van der Waals surface area contributed by atoms with Gasteiger partial charge in [-0.2, -0.15) is 0 Å². The highest BCUT2D eigenvalue weighted by Crippen LogP contribution is 2.30. The molecule has 1 fully saturated rings. The molecular weight excluding hydrogens is 270 g/mol. The van der Waals surface area contributed by atoms with Crippen LogP contribution in [-0.2, 0) is 9.47 Å². The average molecular weight is 299 g/mol. The summed E-state index contributed by atoms with van der Waals surface area (Å²) in [5.41, 5.74) is -0.0691. The van der Waals surface area contributed by atoms with E-state index in [9.17, 15) is 4.79 Å². The van der Waals surface area contributed by atoms with Crippen LogP contribution in [-0.4, -0.2) is 46.7 Å². The number of ether oxygens (including phenoxy) is 2. The molecule has 1 aliphatic heterocycles. The first-order valence-corrected chi connectivity index (χ1v) is 7.51. The minimum atomic E-state index is -0.680. The standard InChI is InChI=1S/C16H29NO4/c1-12(8-7-9-18)10-13-11-20-16(5,6)17(13)14(19)21-15(2,3)4/h10,13,18H,7-9,11H2,1-6H3/t13-/m1/s1. The van der Waals surface area contributed by atoms with Crippen molar-refractivity contribution in [1.82, 2.24) is 4.90 Å². The molecule has 122 valence electrons. The summed E-state index contributed by atoms with van der Waals surface area (Å²) in [4.78, 5) is 14.1. The smallest absolute Gasteiger partial charge is 0.413 e. The maximum Gasteiger partial charge on any atom is 0.413 e. The number of hydrogen-bond donors (Lipinski definition) is 1. The van der Waals surface area contributed by atoms with Gasteiger partial charge in [0.25, 0.3) is 0 Å². The van der Waals surface area contributed by atoms with Crippen molar-refractivity contribution >= 4 is 6.09 Å². The molecule has 0 bridgehead atoms. The number of aliphatic hydroxyl groups is 1. The van der Waals surface area contributed by atoms with E-state index in [1.54, 1.807) is 4.90 Å². The topological polar surface area (TPSA) is 59.0 Å². The Bertz CT molecular complexity index is 396. The maximum absolute atomic E-state index is 12.4. The van der Waals surface area contributed by atoms with Crippen LogP contribution in [0.15, 0.2) is 11.6 Å². The van der Waals surface area contributed by atoms with Gasteiger partial charge in [0, 0.05) is 6.61 Å². The highest BCUT2D eigenvalue weighted by Gasteiger charge is 2.44. The van der Waals surface area contributed by atoms with Crippen LogP contribution in [0.1, 0.15) is 54.4 Å². The predicted molar refractivity (Wildman–Crippen MR) is 82.0 cm³/mol. The first-order valence-electron chi connectivity index (χ1n) is 7.51. The molecule has 0 saturated carbocycles. The summed E-state index contributed by atoms with van der Waals surface area (Å²) in [6.07, 6.45) is 3.22. The second-order valence-corrected chi connectivity index (χ2v) is 7.02. The molecule has 1 aliphatic rings. The lowest BCUT2D eigenvalue weighted by Gasteiger charge is -2.34. The second kappa shape index (κ2) is 6.79. The van der Waals surface area contributed by atoms with Gasteiger partial charge in [0.2, 0.25) is 0 Å². The summed E-state index contributed by atoms with van der Waals surface area (Å²) < 4.78 is 11.2. The Morgan fingerprint density at radius 3 is 2.62 bits per heavy atom. The zero-order chi connectivity index (χ0) is 16.3. The van der Waals surface area contributed by atoms with Crippen molar-refractivity contribution in [3.8, 4) is 0 Å². The van der Waals surface area contributed by atoms with Gasteiger partial charge in [-0.05, 0) is 54.4 Å². The van der Waals surface area contributed by atoms with Crippen LogP contribution >= 0.6 is 0 Å². The fourth-order valence-electron chi connectivity index (χ4n) is 2.39. The van der Waals surface area contributed by atoms with Crippen LogP contribution in [0.3, 0.4) is 0 Å². The second-order valence-electron chi connectivity index (χ2n) is 7.02.